The number of hydrogen-bond acceptors (Lipinski definition) is 3. The Labute approximate surface area is 87.6 Å². The fraction of sp³-hybridized carbons (Fsp3) is 0.273. The van der Waals surface area contributed by atoms with Crippen LogP contribution in [0.5, 0.6) is 0 Å². The summed E-state index contributed by atoms with van der Waals surface area (Å²) in [4.78, 5) is 0. The van der Waals surface area contributed by atoms with E-state index in [9.17, 15) is 0 Å². The SMILES string of the molecule is C[C@H](NCc1ccsc1)c1ccco1. The standard InChI is InChI=1S/C11H13NOS/c1-9(11-3-2-5-13-11)12-7-10-4-6-14-8-10/h2-6,8-9,12H,7H2,1H3/t9-/m0/s1. The Bertz CT molecular complexity index is 353. The van der Waals surface area contributed by atoms with Crippen LogP contribution in [0.4, 0.5) is 0 Å². The highest BCUT2D eigenvalue weighted by atomic mass is 32.1. The Hall–Kier alpha value is -1.06. The van der Waals surface area contributed by atoms with Crippen LogP contribution in [0, 0.1) is 0 Å². The third kappa shape index (κ3) is 2.25. The summed E-state index contributed by atoms with van der Waals surface area (Å²) >= 11 is 1.73. The molecule has 74 valence electrons. The summed E-state index contributed by atoms with van der Waals surface area (Å²) in [5.41, 5.74) is 1.33. The van der Waals surface area contributed by atoms with Crippen molar-refractivity contribution in [2.24, 2.45) is 0 Å². The summed E-state index contributed by atoms with van der Waals surface area (Å²) in [7, 11) is 0. The molecule has 2 heterocycles. The summed E-state index contributed by atoms with van der Waals surface area (Å²) in [5.74, 6) is 0.986. The topological polar surface area (TPSA) is 25.2 Å². The van der Waals surface area contributed by atoms with E-state index in [1.165, 1.54) is 5.56 Å². The molecular weight excluding hydrogens is 194 g/mol. The first kappa shape index (κ1) is 9.49. The van der Waals surface area contributed by atoms with Crippen LogP contribution < -0.4 is 5.32 Å². The van der Waals surface area contributed by atoms with E-state index >= 15 is 0 Å². The molecule has 0 aliphatic carbocycles. The van der Waals surface area contributed by atoms with Gasteiger partial charge < -0.3 is 9.73 Å². The molecule has 2 nitrogen and oxygen atoms in total. The van der Waals surface area contributed by atoms with E-state index in [1.807, 2.05) is 12.1 Å². The molecule has 2 rings (SSSR count). The Morgan fingerprint density at radius 1 is 1.50 bits per heavy atom. The second kappa shape index (κ2) is 4.44. The van der Waals surface area contributed by atoms with Crippen LogP contribution in [-0.2, 0) is 6.54 Å². The lowest BCUT2D eigenvalue weighted by Gasteiger charge is -2.09. The van der Waals surface area contributed by atoms with Crippen LogP contribution in [0.2, 0.25) is 0 Å². The van der Waals surface area contributed by atoms with Gasteiger partial charge in [-0.15, -0.1) is 0 Å². The Balaban J connectivity index is 1.87. The van der Waals surface area contributed by atoms with E-state index < -0.39 is 0 Å². The highest BCUT2D eigenvalue weighted by Gasteiger charge is 2.06. The first-order chi connectivity index (χ1) is 6.86. The van der Waals surface area contributed by atoms with Gasteiger partial charge in [-0.1, -0.05) is 0 Å². The fourth-order valence-electron chi connectivity index (χ4n) is 1.30. The molecule has 3 heteroatoms. The van der Waals surface area contributed by atoms with Crippen molar-refractivity contribution in [2.75, 3.05) is 0 Å². The molecule has 2 aromatic rings. The van der Waals surface area contributed by atoms with E-state index in [0.717, 1.165) is 12.3 Å². The summed E-state index contributed by atoms with van der Waals surface area (Å²) in [6.45, 7) is 3.00. The Morgan fingerprint density at radius 3 is 3.07 bits per heavy atom. The van der Waals surface area contributed by atoms with Gasteiger partial charge in [0.15, 0.2) is 0 Å². The van der Waals surface area contributed by atoms with Crippen LogP contribution >= 0.6 is 11.3 Å². The van der Waals surface area contributed by atoms with Crippen LogP contribution in [0.15, 0.2) is 39.6 Å². The van der Waals surface area contributed by atoms with E-state index in [4.69, 9.17) is 4.42 Å². The molecule has 0 saturated carbocycles. The maximum absolute atomic E-state index is 5.31. The van der Waals surface area contributed by atoms with Crippen molar-refractivity contribution in [2.45, 2.75) is 19.5 Å². The van der Waals surface area contributed by atoms with Crippen LogP contribution in [0.1, 0.15) is 24.3 Å². The van der Waals surface area contributed by atoms with Gasteiger partial charge in [-0.2, -0.15) is 11.3 Å². The molecule has 0 aromatic carbocycles. The van der Waals surface area contributed by atoms with Crippen molar-refractivity contribution < 1.29 is 4.42 Å². The quantitative estimate of drug-likeness (QED) is 0.833. The van der Waals surface area contributed by atoms with Gasteiger partial charge in [-0.3, -0.25) is 0 Å². The maximum atomic E-state index is 5.31. The average Bonchev–Trinajstić information content (AvgIpc) is 2.87. The van der Waals surface area contributed by atoms with Gasteiger partial charge in [0, 0.05) is 6.54 Å². The van der Waals surface area contributed by atoms with Crippen LogP contribution in [0.25, 0.3) is 0 Å². The van der Waals surface area contributed by atoms with Gasteiger partial charge in [0.25, 0.3) is 0 Å². The normalized spacial score (nSPS) is 12.9. The maximum Gasteiger partial charge on any atom is 0.120 e. The predicted octanol–water partition coefficient (Wildman–Crippen LogP) is 3.19. The molecule has 0 saturated heterocycles. The van der Waals surface area contributed by atoms with Gasteiger partial charge in [0.2, 0.25) is 0 Å². The smallest absolute Gasteiger partial charge is 0.120 e. The summed E-state index contributed by atoms with van der Waals surface area (Å²) in [6, 6.07) is 6.31. The zero-order valence-electron chi connectivity index (χ0n) is 8.07. The predicted molar refractivity (Wildman–Crippen MR) is 58.3 cm³/mol. The van der Waals surface area contributed by atoms with Crippen molar-refractivity contribution in [3.05, 3.63) is 46.5 Å². The minimum Gasteiger partial charge on any atom is -0.468 e. The Kier molecular flexibility index (Phi) is 3.01. The molecule has 0 aliphatic heterocycles. The molecule has 14 heavy (non-hydrogen) atoms. The van der Waals surface area contributed by atoms with Crippen LogP contribution in [0.3, 0.4) is 0 Å². The van der Waals surface area contributed by atoms with Gasteiger partial charge in [0.1, 0.15) is 5.76 Å². The minimum atomic E-state index is 0.268. The summed E-state index contributed by atoms with van der Waals surface area (Å²) in [5, 5.41) is 7.65. The number of nitrogens with one attached hydrogen (secondary N) is 1. The highest BCUT2D eigenvalue weighted by Crippen LogP contribution is 2.13. The molecule has 0 bridgehead atoms. The molecule has 0 radical (unpaired) electrons. The molecule has 1 atom stereocenters. The van der Waals surface area contributed by atoms with E-state index in [1.54, 1.807) is 17.6 Å². The minimum absolute atomic E-state index is 0.268. The second-order valence-corrected chi connectivity index (χ2v) is 4.03. The number of furan rings is 1. The summed E-state index contributed by atoms with van der Waals surface area (Å²) in [6.07, 6.45) is 1.71. The summed E-state index contributed by atoms with van der Waals surface area (Å²) < 4.78 is 5.31. The van der Waals surface area contributed by atoms with Crippen molar-refractivity contribution >= 4 is 11.3 Å². The molecule has 0 aliphatic rings. The second-order valence-electron chi connectivity index (χ2n) is 3.25. The number of rotatable bonds is 4. The van der Waals surface area contributed by atoms with Crippen molar-refractivity contribution in [1.82, 2.24) is 5.32 Å². The molecule has 2 aromatic heterocycles. The zero-order chi connectivity index (χ0) is 9.80. The Morgan fingerprint density at radius 2 is 2.43 bits per heavy atom. The zero-order valence-corrected chi connectivity index (χ0v) is 8.88. The van der Waals surface area contributed by atoms with Crippen molar-refractivity contribution in [1.29, 1.82) is 0 Å². The molecule has 0 unspecified atom stereocenters. The van der Waals surface area contributed by atoms with Gasteiger partial charge in [-0.05, 0) is 41.4 Å². The third-order valence-electron chi connectivity index (χ3n) is 2.16. The lowest BCUT2D eigenvalue weighted by molar-refractivity contribution is 0.430. The molecule has 0 spiro atoms. The van der Waals surface area contributed by atoms with Gasteiger partial charge >= 0.3 is 0 Å². The van der Waals surface area contributed by atoms with E-state index in [-0.39, 0.29) is 6.04 Å². The van der Waals surface area contributed by atoms with Crippen molar-refractivity contribution in [3.63, 3.8) is 0 Å². The molecule has 0 fully saturated rings. The van der Waals surface area contributed by atoms with Gasteiger partial charge in [0.05, 0.1) is 12.3 Å². The van der Waals surface area contributed by atoms with Gasteiger partial charge in [-0.25, -0.2) is 0 Å². The number of thiophene rings is 1. The van der Waals surface area contributed by atoms with Crippen molar-refractivity contribution in [3.8, 4) is 0 Å². The molecular formula is C11H13NOS. The number of hydrogen-bond donors (Lipinski definition) is 1. The first-order valence-electron chi connectivity index (χ1n) is 4.64. The average molecular weight is 207 g/mol. The lowest BCUT2D eigenvalue weighted by Crippen LogP contribution is -2.17. The fourth-order valence-corrected chi connectivity index (χ4v) is 1.97. The van der Waals surface area contributed by atoms with E-state index in [2.05, 4.69) is 29.1 Å². The van der Waals surface area contributed by atoms with Crippen LogP contribution in [-0.4, -0.2) is 0 Å². The van der Waals surface area contributed by atoms with E-state index in [0.29, 0.717) is 0 Å². The highest BCUT2D eigenvalue weighted by molar-refractivity contribution is 7.07. The molecule has 1 N–H and O–H groups in total. The monoisotopic (exact) mass is 207 g/mol. The third-order valence-corrected chi connectivity index (χ3v) is 2.89. The lowest BCUT2D eigenvalue weighted by atomic mass is 10.2. The molecule has 0 amide bonds. The largest absolute Gasteiger partial charge is 0.468 e. The first-order valence-corrected chi connectivity index (χ1v) is 5.58.